The van der Waals surface area contributed by atoms with E-state index in [-0.39, 0.29) is 38.0 Å². The summed E-state index contributed by atoms with van der Waals surface area (Å²) in [6.45, 7) is 6.93. The standard InChI is InChI=1S/C10H14O4/c1-3-5-9(11)13-7-8-14-10(12)6-4-2/h3-4H,1-2,5-8H2. The number of carbonyl (C=O) groups excluding carboxylic acids is 2. The van der Waals surface area contributed by atoms with Crippen molar-refractivity contribution in [3.8, 4) is 0 Å². The Labute approximate surface area is 83.2 Å². The molecule has 0 heterocycles. The fourth-order valence-corrected chi connectivity index (χ4v) is 0.665. The summed E-state index contributed by atoms with van der Waals surface area (Å²) in [5.41, 5.74) is 0. The molecule has 0 unspecified atom stereocenters. The van der Waals surface area contributed by atoms with Crippen LogP contribution < -0.4 is 0 Å². The molecule has 0 aliphatic heterocycles. The molecule has 4 heteroatoms. The fraction of sp³-hybridized carbons (Fsp3) is 0.400. The zero-order valence-electron chi connectivity index (χ0n) is 8.03. The van der Waals surface area contributed by atoms with Crippen LogP contribution in [0.4, 0.5) is 0 Å². The molecule has 0 bridgehead atoms. The lowest BCUT2D eigenvalue weighted by atomic mass is 10.4. The normalized spacial score (nSPS) is 8.86. The summed E-state index contributed by atoms with van der Waals surface area (Å²) in [4.78, 5) is 21.5. The quantitative estimate of drug-likeness (QED) is 0.350. The maximum Gasteiger partial charge on any atom is 0.309 e. The minimum absolute atomic E-state index is 0.0789. The summed E-state index contributed by atoms with van der Waals surface area (Å²) in [6, 6.07) is 0. The molecule has 0 N–H and O–H groups in total. The van der Waals surface area contributed by atoms with Crippen molar-refractivity contribution in [1.29, 1.82) is 0 Å². The van der Waals surface area contributed by atoms with E-state index in [4.69, 9.17) is 9.47 Å². The summed E-state index contributed by atoms with van der Waals surface area (Å²) in [5, 5.41) is 0. The number of hydrogen-bond donors (Lipinski definition) is 0. The van der Waals surface area contributed by atoms with Crippen molar-refractivity contribution in [2.24, 2.45) is 0 Å². The Kier molecular flexibility index (Phi) is 7.13. The molecule has 0 spiro atoms. The van der Waals surface area contributed by atoms with Gasteiger partial charge in [0, 0.05) is 0 Å². The first-order chi connectivity index (χ1) is 6.70. The van der Waals surface area contributed by atoms with Crippen LogP contribution in [0.15, 0.2) is 25.3 Å². The molecular formula is C10H14O4. The second-order valence-corrected chi connectivity index (χ2v) is 2.43. The molecule has 0 fully saturated rings. The highest BCUT2D eigenvalue weighted by Crippen LogP contribution is 1.90. The second kappa shape index (κ2) is 8.04. The van der Waals surface area contributed by atoms with Crippen LogP contribution in [0.5, 0.6) is 0 Å². The average Bonchev–Trinajstić information content (AvgIpc) is 2.13. The Hall–Kier alpha value is -1.58. The van der Waals surface area contributed by atoms with Crippen molar-refractivity contribution in [2.75, 3.05) is 13.2 Å². The SMILES string of the molecule is C=CCC(=O)OCCOC(=O)CC=C. The maximum atomic E-state index is 10.8. The van der Waals surface area contributed by atoms with Crippen LogP contribution in [0.3, 0.4) is 0 Å². The van der Waals surface area contributed by atoms with Gasteiger partial charge in [0.05, 0.1) is 12.8 Å². The van der Waals surface area contributed by atoms with Gasteiger partial charge >= 0.3 is 11.9 Å². The number of rotatable bonds is 7. The summed E-state index contributed by atoms with van der Waals surface area (Å²) in [6.07, 6.45) is 3.24. The Morgan fingerprint density at radius 2 is 1.29 bits per heavy atom. The Balaban J connectivity index is 3.36. The Morgan fingerprint density at radius 1 is 0.929 bits per heavy atom. The van der Waals surface area contributed by atoms with Crippen LogP contribution in [0.1, 0.15) is 12.8 Å². The molecule has 4 nitrogen and oxygen atoms in total. The van der Waals surface area contributed by atoms with Gasteiger partial charge in [-0.2, -0.15) is 0 Å². The molecule has 0 radical (unpaired) electrons. The molecule has 0 saturated carbocycles. The lowest BCUT2D eigenvalue weighted by Gasteiger charge is -2.03. The highest BCUT2D eigenvalue weighted by atomic mass is 16.6. The van der Waals surface area contributed by atoms with Crippen molar-refractivity contribution >= 4 is 11.9 Å². The summed E-state index contributed by atoms with van der Waals surface area (Å²) in [7, 11) is 0. The van der Waals surface area contributed by atoms with Gasteiger partial charge in [-0.1, -0.05) is 12.2 Å². The van der Waals surface area contributed by atoms with Gasteiger partial charge in [-0.25, -0.2) is 0 Å². The van der Waals surface area contributed by atoms with Crippen LogP contribution in [-0.4, -0.2) is 25.2 Å². The van der Waals surface area contributed by atoms with Crippen LogP contribution >= 0.6 is 0 Å². The third-order valence-corrected chi connectivity index (χ3v) is 1.23. The van der Waals surface area contributed by atoms with Crippen LogP contribution in [-0.2, 0) is 19.1 Å². The molecular weight excluding hydrogens is 184 g/mol. The van der Waals surface area contributed by atoms with Gasteiger partial charge in [0.25, 0.3) is 0 Å². The topological polar surface area (TPSA) is 52.6 Å². The smallest absolute Gasteiger partial charge is 0.309 e. The molecule has 0 aliphatic carbocycles. The molecule has 0 saturated heterocycles. The lowest BCUT2D eigenvalue weighted by Crippen LogP contribution is -2.12. The first-order valence-electron chi connectivity index (χ1n) is 4.23. The monoisotopic (exact) mass is 198 g/mol. The lowest BCUT2D eigenvalue weighted by molar-refractivity contribution is -0.151. The van der Waals surface area contributed by atoms with Gasteiger partial charge in [-0.3, -0.25) is 9.59 Å². The van der Waals surface area contributed by atoms with Crippen molar-refractivity contribution in [2.45, 2.75) is 12.8 Å². The minimum Gasteiger partial charge on any atom is -0.462 e. The molecule has 0 aromatic carbocycles. The maximum absolute atomic E-state index is 10.8. The van der Waals surface area contributed by atoms with E-state index in [0.29, 0.717) is 0 Å². The first-order valence-corrected chi connectivity index (χ1v) is 4.23. The average molecular weight is 198 g/mol. The molecule has 0 aliphatic rings. The van der Waals surface area contributed by atoms with Gasteiger partial charge in [0.15, 0.2) is 0 Å². The fourth-order valence-electron chi connectivity index (χ4n) is 0.665. The van der Waals surface area contributed by atoms with Crippen LogP contribution in [0.25, 0.3) is 0 Å². The number of esters is 2. The predicted octanol–water partition coefficient (Wildman–Crippen LogP) is 1.22. The van der Waals surface area contributed by atoms with Gasteiger partial charge in [-0.15, -0.1) is 13.2 Å². The third-order valence-electron chi connectivity index (χ3n) is 1.23. The summed E-state index contributed by atoms with van der Waals surface area (Å²) < 4.78 is 9.40. The first kappa shape index (κ1) is 12.4. The van der Waals surface area contributed by atoms with E-state index >= 15 is 0 Å². The van der Waals surface area contributed by atoms with E-state index in [1.54, 1.807) is 0 Å². The molecule has 0 aromatic heterocycles. The number of ether oxygens (including phenoxy) is 2. The van der Waals surface area contributed by atoms with Gasteiger partial charge in [-0.05, 0) is 0 Å². The zero-order chi connectivity index (χ0) is 10.8. The number of carbonyl (C=O) groups is 2. The highest BCUT2D eigenvalue weighted by Gasteiger charge is 2.01. The summed E-state index contributed by atoms with van der Waals surface area (Å²) >= 11 is 0. The van der Waals surface area contributed by atoms with E-state index in [9.17, 15) is 9.59 Å². The molecule has 0 atom stereocenters. The molecule has 0 amide bonds. The van der Waals surface area contributed by atoms with Gasteiger partial charge in [0.1, 0.15) is 13.2 Å². The minimum atomic E-state index is -0.375. The van der Waals surface area contributed by atoms with E-state index in [2.05, 4.69) is 13.2 Å². The zero-order valence-corrected chi connectivity index (χ0v) is 8.03. The van der Waals surface area contributed by atoms with Crippen molar-refractivity contribution in [3.63, 3.8) is 0 Å². The molecule has 0 rings (SSSR count). The van der Waals surface area contributed by atoms with E-state index in [0.717, 1.165) is 0 Å². The Morgan fingerprint density at radius 3 is 1.57 bits per heavy atom. The third kappa shape index (κ3) is 7.09. The van der Waals surface area contributed by atoms with E-state index < -0.39 is 0 Å². The van der Waals surface area contributed by atoms with E-state index in [1.165, 1.54) is 12.2 Å². The van der Waals surface area contributed by atoms with E-state index in [1.807, 2.05) is 0 Å². The number of hydrogen-bond acceptors (Lipinski definition) is 4. The molecule has 14 heavy (non-hydrogen) atoms. The summed E-state index contributed by atoms with van der Waals surface area (Å²) in [5.74, 6) is -0.750. The van der Waals surface area contributed by atoms with Crippen LogP contribution in [0.2, 0.25) is 0 Å². The van der Waals surface area contributed by atoms with Gasteiger partial charge < -0.3 is 9.47 Å². The van der Waals surface area contributed by atoms with Gasteiger partial charge in [0.2, 0.25) is 0 Å². The predicted molar refractivity (Wildman–Crippen MR) is 51.5 cm³/mol. The van der Waals surface area contributed by atoms with Crippen molar-refractivity contribution in [1.82, 2.24) is 0 Å². The van der Waals surface area contributed by atoms with Crippen LogP contribution in [0, 0.1) is 0 Å². The van der Waals surface area contributed by atoms with Crippen molar-refractivity contribution in [3.05, 3.63) is 25.3 Å². The Bertz CT molecular complexity index is 196. The van der Waals surface area contributed by atoms with Crippen molar-refractivity contribution < 1.29 is 19.1 Å². The highest BCUT2D eigenvalue weighted by molar-refractivity contribution is 5.71. The molecule has 0 aromatic rings. The molecule has 78 valence electrons. The largest absolute Gasteiger partial charge is 0.462 e. The second-order valence-electron chi connectivity index (χ2n) is 2.43.